The summed E-state index contributed by atoms with van der Waals surface area (Å²) >= 11 is 1.57. The monoisotopic (exact) mass is 1230 g/mol. The van der Waals surface area contributed by atoms with Crippen molar-refractivity contribution in [2.75, 3.05) is 11.4 Å². The lowest BCUT2D eigenvalue weighted by Gasteiger charge is -2.34. The van der Waals surface area contributed by atoms with Gasteiger partial charge in [0.05, 0.1) is 52.3 Å². The molecule has 5 amide bonds. The maximum Gasteiger partial charge on any atom is 0.396 e. The second-order valence-electron chi connectivity index (χ2n) is 24.4. The SMILES string of the molecule is Cc1ncsc1-c1ccc(CNC(=O)[C@@H]2C[C@H](O)CN2C(=O)[C@@H](CC(=O)CCCCc2ccc(CO[C@H](C)[C@H](CCC(N)=O)NC(=O)[C@@H]3Cc4cccc5c4N3C(=O)[C@@H](CC(=O)c3cc4cc(C(=O)P(=O)(O)O)ccc4[nH]3)CC5)cc2)C(C)(C)C)cc1. The number of Topliss-reactive ketones (excluding diaryl/α,β-unsaturated/α-hetero) is 2. The number of para-hydroxylation sites is 1. The summed E-state index contributed by atoms with van der Waals surface area (Å²) in [5.74, 6) is -4.01. The third-order valence-corrected chi connectivity index (χ3v) is 18.8. The van der Waals surface area contributed by atoms with Crippen LogP contribution in [0.15, 0.2) is 96.5 Å². The second-order valence-corrected chi connectivity index (χ2v) is 26.8. The Bertz CT molecular complexity index is 3630. The standard InChI is InChI=1S/C65H76N7O13PS/c1-37-59(87-36-68-37)43-19-17-40(18-20-43)33-67-60(77)54-32-49(74)34-71(54)63(80)50(65(3,4)5)31-48(73)12-7-6-9-39-13-15-41(16-14-39)35-85-38(2)51(25-26-57(66)76)70-61(78)55-29-44-11-8-10-42-21-22-45(62(79)72(55)58(42)44)30-56(75)53-28-47-27-46(23-24-52(47)69-53)64(81)86(82,83)84/h8,10-11,13-20,23-24,27-28,36,38,45,49-51,54-55,69,74H,6-7,9,12,21-22,25-26,29-35H2,1-5H3,(H2,66,76)(H,67,77)(H,70,78)(H2,82,83,84)/t38-,45-,49+,50-,51+,54+,55+/m1/s1. The van der Waals surface area contributed by atoms with Crippen molar-refractivity contribution in [1.82, 2.24) is 25.5 Å². The first kappa shape index (κ1) is 64.0. The summed E-state index contributed by atoms with van der Waals surface area (Å²) in [7, 11) is -5.04. The number of β-amino-alcohol motifs (C(OH)–C–C–N with tert-alkyl or cyclic N) is 1. The molecular formula is C65H76N7O13PS. The number of likely N-dealkylation sites (tertiary alicyclic amines) is 1. The highest BCUT2D eigenvalue weighted by molar-refractivity contribution is 7.70. The second kappa shape index (κ2) is 27.3. The predicted molar refractivity (Wildman–Crippen MR) is 328 cm³/mol. The first-order valence-corrected chi connectivity index (χ1v) is 32.1. The van der Waals surface area contributed by atoms with Gasteiger partial charge in [0.25, 0.3) is 5.52 Å². The van der Waals surface area contributed by atoms with E-state index in [1.165, 1.54) is 34.1 Å². The molecule has 8 N–H and O–H groups in total. The number of hydrogen-bond donors (Lipinski definition) is 7. The summed E-state index contributed by atoms with van der Waals surface area (Å²) in [6.45, 7) is 9.94. The Morgan fingerprint density at radius 2 is 1.61 bits per heavy atom. The van der Waals surface area contributed by atoms with E-state index < -0.39 is 78.3 Å². The highest BCUT2D eigenvalue weighted by Crippen LogP contribution is 2.43. The first-order valence-electron chi connectivity index (χ1n) is 29.6. The quantitative estimate of drug-likeness (QED) is 0.0154. The van der Waals surface area contributed by atoms with Crippen molar-refractivity contribution in [1.29, 1.82) is 0 Å². The molecule has 3 aliphatic heterocycles. The van der Waals surface area contributed by atoms with Crippen molar-refractivity contribution in [3.05, 3.63) is 141 Å². The number of aromatic amines is 1. The fourth-order valence-corrected chi connectivity index (χ4v) is 13.4. The molecule has 7 atom stereocenters. The maximum atomic E-state index is 14.6. The molecule has 0 aliphatic carbocycles. The average Bonchev–Trinajstić information content (AvgIpc) is 2.15. The van der Waals surface area contributed by atoms with Crippen LogP contribution >= 0.6 is 18.9 Å². The van der Waals surface area contributed by atoms with Crippen LogP contribution < -0.4 is 21.3 Å². The molecule has 0 spiro atoms. The minimum Gasteiger partial charge on any atom is -0.391 e. The van der Waals surface area contributed by atoms with E-state index in [-0.39, 0.29) is 99.4 Å². The number of aromatic nitrogens is 2. The summed E-state index contributed by atoms with van der Waals surface area (Å²) in [5, 5.41) is 17.1. The Balaban J connectivity index is 0.750. The number of aliphatic hydroxyl groups is 1. The Morgan fingerprint density at radius 1 is 0.897 bits per heavy atom. The van der Waals surface area contributed by atoms with Gasteiger partial charge < -0.3 is 45.9 Å². The Kier molecular flexibility index (Phi) is 20.0. The number of aryl methyl sites for hydroxylation is 3. The molecule has 4 aromatic carbocycles. The molecule has 460 valence electrons. The summed E-state index contributed by atoms with van der Waals surface area (Å²) in [6.07, 6.45) is 1.94. The Labute approximate surface area is 509 Å². The van der Waals surface area contributed by atoms with Gasteiger partial charge in [0.15, 0.2) is 5.78 Å². The van der Waals surface area contributed by atoms with Crippen molar-refractivity contribution in [2.45, 2.75) is 155 Å². The number of nitrogens with two attached hydrogens (primary N) is 1. The number of ether oxygens (including phenoxy) is 1. The first-order chi connectivity index (χ1) is 41.3. The number of fused-ring (bicyclic) bond motifs is 1. The van der Waals surface area contributed by atoms with E-state index in [1.54, 1.807) is 18.3 Å². The molecule has 1 saturated heterocycles. The number of ketones is 2. The number of rotatable bonds is 26. The number of H-pyrrole nitrogens is 1. The van der Waals surface area contributed by atoms with Crippen LogP contribution in [0.3, 0.4) is 0 Å². The summed E-state index contributed by atoms with van der Waals surface area (Å²) in [6, 6.07) is 24.4. The number of nitrogens with zero attached hydrogens (tertiary/aromatic N) is 3. The van der Waals surface area contributed by atoms with Gasteiger partial charge in [-0.25, -0.2) is 4.98 Å². The van der Waals surface area contributed by atoms with Crippen LogP contribution in [-0.4, -0.2) is 113 Å². The number of benzene rings is 4. The van der Waals surface area contributed by atoms with Crippen LogP contribution in [0.25, 0.3) is 21.3 Å². The third kappa shape index (κ3) is 15.4. The average molecular weight is 1230 g/mol. The Hall–Kier alpha value is -7.52. The van der Waals surface area contributed by atoms with E-state index in [9.17, 15) is 57.8 Å². The van der Waals surface area contributed by atoms with Gasteiger partial charge in [0.1, 0.15) is 17.9 Å². The van der Waals surface area contributed by atoms with E-state index >= 15 is 0 Å². The molecule has 2 aromatic heterocycles. The van der Waals surface area contributed by atoms with E-state index in [0.29, 0.717) is 42.3 Å². The Morgan fingerprint density at radius 3 is 2.30 bits per heavy atom. The van der Waals surface area contributed by atoms with Crippen molar-refractivity contribution in [2.24, 2.45) is 23.0 Å². The normalized spacial score (nSPS) is 18.6. The van der Waals surface area contributed by atoms with Crippen LogP contribution in [0.5, 0.6) is 0 Å². The zero-order valence-electron chi connectivity index (χ0n) is 49.6. The zero-order chi connectivity index (χ0) is 62.5. The molecule has 22 heteroatoms. The van der Waals surface area contributed by atoms with Crippen LogP contribution in [0.1, 0.15) is 140 Å². The number of anilines is 1. The number of nitrogens with one attached hydrogen (secondary N) is 3. The van der Waals surface area contributed by atoms with Gasteiger partial charge in [-0.05, 0) is 115 Å². The van der Waals surface area contributed by atoms with Crippen LogP contribution in [0.4, 0.5) is 5.69 Å². The lowest BCUT2D eigenvalue weighted by Crippen LogP contribution is -2.54. The van der Waals surface area contributed by atoms with E-state index in [1.807, 2.05) is 99.9 Å². The lowest BCUT2D eigenvalue weighted by atomic mass is 9.76. The molecule has 0 saturated carbocycles. The third-order valence-electron chi connectivity index (χ3n) is 17.1. The van der Waals surface area contributed by atoms with E-state index in [0.717, 1.165) is 50.4 Å². The van der Waals surface area contributed by atoms with E-state index in [2.05, 4.69) is 20.6 Å². The smallest absolute Gasteiger partial charge is 0.391 e. The predicted octanol–water partition coefficient (Wildman–Crippen LogP) is 7.98. The number of amides is 5. The molecule has 0 bridgehead atoms. The summed E-state index contributed by atoms with van der Waals surface area (Å²) in [4.78, 5) is 139. The molecule has 0 radical (unpaired) electrons. The number of thiazole rings is 1. The molecule has 5 heterocycles. The molecule has 9 rings (SSSR count). The fourth-order valence-electron chi connectivity index (χ4n) is 12.1. The summed E-state index contributed by atoms with van der Waals surface area (Å²) in [5.41, 5.74) is 13.0. The lowest BCUT2D eigenvalue weighted by molar-refractivity contribution is -0.146. The van der Waals surface area contributed by atoms with E-state index in [4.69, 9.17) is 10.5 Å². The highest BCUT2D eigenvalue weighted by Gasteiger charge is 2.46. The minimum absolute atomic E-state index is 0.0129. The van der Waals surface area contributed by atoms with Crippen molar-refractivity contribution in [3.63, 3.8) is 0 Å². The molecule has 0 unspecified atom stereocenters. The minimum atomic E-state index is -5.04. The van der Waals surface area contributed by atoms with Crippen LogP contribution in [0, 0.1) is 24.2 Å². The molecule has 3 aliphatic rings. The van der Waals surface area contributed by atoms with Gasteiger partial charge in [-0.3, -0.25) is 47.8 Å². The molecule has 6 aromatic rings. The largest absolute Gasteiger partial charge is 0.396 e. The zero-order valence-corrected chi connectivity index (χ0v) is 51.3. The number of hydrogen-bond acceptors (Lipinski definition) is 13. The summed E-state index contributed by atoms with van der Waals surface area (Å²) < 4.78 is 17.9. The van der Waals surface area contributed by atoms with Crippen LogP contribution in [-0.2, 0) is 70.5 Å². The fraction of sp³-hybridized carbons (Fsp3) is 0.431. The van der Waals surface area contributed by atoms with Gasteiger partial charge >= 0.3 is 7.60 Å². The number of aliphatic hydroxyl groups excluding tert-OH is 1. The van der Waals surface area contributed by atoms with Gasteiger partial charge in [-0.1, -0.05) is 87.5 Å². The molecule has 87 heavy (non-hydrogen) atoms. The van der Waals surface area contributed by atoms with Gasteiger partial charge in [-0.15, -0.1) is 11.3 Å². The topological polar surface area (TPSA) is 309 Å². The number of carbonyl (C=O) groups is 8. The van der Waals surface area contributed by atoms with Crippen LogP contribution in [0.2, 0.25) is 0 Å². The number of unbranched alkanes of at least 4 members (excludes halogenated alkanes) is 1. The van der Waals surface area contributed by atoms with Gasteiger partial charge in [-0.2, -0.15) is 0 Å². The molecule has 20 nitrogen and oxygen atoms in total. The highest BCUT2D eigenvalue weighted by atomic mass is 32.1. The number of carbonyl (C=O) groups excluding carboxylic acids is 8. The maximum absolute atomic E-state index is 14.6. The molecule has 1 fully saturated rings. The van der Waals surface area contributed by atoms with Crippen molar-refractivity contribution in [3.8, 4) is 10.4 Å². The van der Waals surface area contributed by atoms with Crippen molar-refractivity contribution < 1.29 is 62.6 Å². The molecular weight excluding hydrogens is 1150 g/mol. The van der Waals surface area contributed by atoms with Gasteiger partial charge in [0, 0.05) is 79.9 Å². The van der Waals surface area contributed by atoms with Crippen molar-refractivity contribution >= 4 is 82.1 Å². The number of primary amides is 1. The van der Waals surface area contributed by atoms with Gasteiger partial charge in [0.2, 0.25) is 29.5 Å².